The molecule has 0 saturated carbocycles. The van der Waals surface area contributed by atoms with Crippen LogP contribution in [0.2, 0.25) is 0 Å². The minimum Gasteiger partial charge on any atom is -0.390 e. The van der Waals surface area contributed by atoms with Crippen LogP contribution in [-0.4, -0.2) is 44.5 Å². The van der Waals surface area contributed by atoms with E-state index in [4.69, 9.17) is 4.74 Å². The molecule has 0 spiro atoms. The van der Waals surface area contributed by atoms with Crippen LogP contribution in [0.4, 0.5) is 5.69 Å². The van der Waals surface area contributed by atoms with Gasteiger partial charge in [-0.3, -0.25) is 14.9 Å². The first kappa shape index (κ1) is 21.9. The molecule has 3 N–H and O–H groups in total. The second kappa shape index (κ2) is 9.53. The maximum Gasteiger partial charge on any atom is 0.276 e. The van der Waals surface area contributed by atoms with E-state index in [1.807, 2.05) is 22.6 Å². The van der Waals surface area contributed by atoms with Gasteiger partial charge in [0.2, 0.25) is 0 Å². The molecule has 0 aromatic heterocycles. The van der Waals surface area contributed by atoms with E-state index in [1.165, 1.54) is 19.1 Å². The van der Waals surface area contributed by atoms with Crippen molar-refractivity contribution in [3.63, 3.8) is 0 Å². The van der Waals surface area contributed by atoms with E-state index in [1.54, 1.807) is 19.9 Å². The van der Waals surface area contributed by atoms with Gasteiger partial charge in [-0.1, -0.05) is 13.8 Å². The molecule has 1 aromatic carbocycles. The predicted octanol–water partition coefficient (Wildman–Crippen LogP) is 1.93. The quantitative estimate of drug-likeness (QED) is 0.219. The first-order valence-electron chi connectivity index (χ1n) is 7.67. The second-order valence-corrected chi connectivity index (χ2v) is 7.36. The van der Waals surface area contributed by atoms with E-state index in [9.17, 15) is 30.2 Å². The average molecular weight is 467 g/mol. The molecular weight excluding hydrogens is 445 g/mol. The second-order valence-electron chi connectivity index (χ2n) is 6.12. The summed E-state index contributed by atoms with van der Waals surface area (Å²) in [5, 5.41) is 41.0. The number of Topliss-reactive ketones (excluding diaryl/α,β-unsaturated/α-hetero) is 1. The fraction of sp³-hybridized carbons (Fsp3) is 0.562. The minimum atomic E-state index is -1.80. The third-order valence-electron chi connectivity index (χ3n) is 3.57. The Hall–Kier alpha value is -1.14. The summed E-state index contributed by atoms with van der Waals surface area (Å²) in [6.45, 7) is 4.74. The summed E-state index contributed by atoms with van der Waals surface area (Å²) in [4.78, 5) is 21.8. The van der Waals surface area contributed by atoms with Gasteiger partial charge in [0.1, 0.15) is 11.9 Å². The van der Waals surface area contributed by atoms with Crippen LogP contribution in [0, 0.1) is 19.6 Å². The lowest BCUT2D eigenvalue weighted by Crippen LogP contribution is -2.41. The summed E-state index contributed by atoms with van der Waals surface area (Å²) in [7, 11) is 0. The van der Waals surface area contributed by atoms with E-state index in [-0.39, 0.29) is 29.4 Å². The number of hydrogen-bond donors (Lipinski definition) is 3. The molecule has 0 aliphatic rings. The lowest BCUT2D eigenvalue weighted by atomic mass is 9.97. The van der Waals surface area contributed by atoms with Crippen molar-refractivity contribution in [3.8, 4) is 0 Å². The number of hydrogen-bond acceptors (Lipinski definition) is 7. The van der Waals surface area contributed by atoms with Gasteiger partial charge in [0.05, 0.1) is 22.7 Å². The molecular formula is C16H22INO7. The van der Waals surface area contributed by atoms with Gasteiger partial charge in [-0.2, -0.15) is 0 Å². The number of nitro groups is 1. The molecule has 4 unspecified atom stereocenters. The third kappa shape index (κ3) is 6.26. The molecule has 0 bridgehead atoms. The zero-order valence-electron chi connectivity index (χ0n) is 14.1. The van der Waals surface area contributed by atoms with Gasteiger partial charge >= 0.3 is 0 Å². The molecule has 8 nitrogen and oxygen atoms in total. The number of benzene rings is 1. The number of carbonyl (C=O) groups excluding carboxylic acids is 1. The number of aliphatic hydroxyl groups is 3. The van der Waals surface area contributed by atoms with Gasteiger partial charge in [-0.25, -0.2) is 0 Å². The van der Waals surface area contributed by atoms with E-state index < -0.39 is 29.5 Å². The first-order chi connectivity index (χ1) is 11.5. The smallest absolute Gasteiger partial charge is 0.276 e. The van der Waals surface area contributed by atoms with Crippen LogP contribution in [0.15, 0.2) is 18.2 Å². The standard InChI is InChI=1S/C16H22INO7/c1-8(2)15(11-5-4-10(17)7-12(11)18(23)24)25-16(22)14(21)13(20)6-9(3)19/h4-5,7-8,13-16,20-22H,6H2,1-3H3. The van der Waals surface area contributed by atoms with Crippen molar-refractivity contribution in [2.24, 2.45) is 5.92 Å². The highest BCUT2D eigenvalue weighted by atomic mass is 127. The van der Waals surface area contributed by atoms with E-state index in [0.29, 0.717) is 3.57 Å². The van der Waals surface area contributed by atoms with E-state index >= 15 is 0 Å². The zero-order valence-corrected chi connectivity index (χ0v) is 16.3. The van der Waals surface area contributed by atoms with Gasteiger partial charge < -0.3 is 20.1 Å². The summed E-state index contributed by atoms with van der Waals surface area (Å²) in [5.74, 6) is -0.613. The highest BCUT2D eigenvalue weighted by Crippen LogP contribution is 2.35. The highest BCUT2D eigenvalue weighted by molar-refractivity contribution is 14.1. The zero-order chi connectivity index (χ0) is 19.3. The Morgan fingerprint density at radius 1 is 1.32 bits per heavy atom. The topological polar surface area (TPSA) is 130 Å². The Kier molecular flexibility index (Phi) is 8.35. The molecule has 9 heteroatoms. The molecule has 4 atom stereocenters. The van der Waals surface area contributed by atoms with Crippen molar-refractivity contribution in [2.45, 2.75) is 51.8 Å². The maximum absolute atomic E-state index is 11.3. The van der Waals surface area contributed by atoms with Crippen molar-refractivity contribution in [3.05, 3.63) is 37.4 Å². The number of halogens is 1. The van der Waals surface area contributed by atoms with Crippen LogP contribution in [0.5, 0.6) is 0 Å². The fourth-order valence-corrected chi connectivity index (χ4v) is 2.82. The predicted molar refractivity (Wildman–Crippen MR) is 97.8 cm³/mol. The van der Waals surface area contributed by atoms with Gasteiger partial charge in [0.25, 0.3) is 5.69 Å². The molecule has 0 radical (unpaired) electrons. The molecule has 1 rings (SSSR count). The van der Waals surface area contributed by atoms with Crippen LogP contribution in [0.3, 0.4) is 0 Å². The SMILES string of the molecule is CC(=O)CC(O)C(O)C(O)OC(c1ccc(I)cc1[N+](=O)[O-])C(C)C. The van der Waals surface area contributed by atoms with Crippen LogP contribution >= 0.6 is 22.6 Å². The Morgan fingerprint density at radius 2 is 1.92 bits per heavy atom. The number of ketones is 1. The Bertz CT molecular complexity index is 623. The van der Waals surface area contributed by atoms with Crippen molar-refractivity contribution < 1.29 is 29.8 Å². The van der Waals surface area contributed by atoms with Crippen LogP contribution in [0.25, 0.3) is 0 Å². The maximum atomic E-state index is 11.3. The summed E-state index contributed by atoms with van der Waals surface area (Å²) >= 11 is 1.95. The third-order valence-corrected chi connectivity index (χ3v) is 4.24. The fourth-order valence-electron chi connectivity index (χ4n) is 2.34. The number of aliphatic hydroxyl groups excluding tert-OH is 3. The Morgan fingerprint density at radius 3 is 2.40 bits per heavy atom. The molecule has 1 aromatic rings. The lowest BCUT2D eigenvalue weighted by Gasteiger charge is -2.29. The molecule has 0 saturated heterocycles. The van der Waals surface area contributed by atoms with Crippen LogP contribution in [-0.2, 0) is 9.53 Å². The summed E-state index contributed by atoms with van der Waals surface area (Å²) in [5.41, 5.74) is 0.101. The number of nitro benzene ring substituents is 1. The molecule has 0 aliphatic heterocycles. The summed E-state index contributed by atoms with van der Waals surface area (Å²) < 4.78 is 6.09. The Balaban J connectivity index is 3.06. The van der Waals surface area contributed by atoms with E-state index in [0.717, 1.165) is 0 Å². The highest BCUT2D eigenvalue weighted by Gasteiger charge is 2.33. The van der Waals surface area contributed by atoms with Crippen LogP contribution < -0.4 is 0 Å². The van der Waals surface area contributed by atoms with Gasteiger partial charge in [0.15, 0.2) is 6.29 Å². The monoisotopic (exact) mass is 467 g/mol. The normalized spacial score (nSPS) is 16.3. The molecule has 25 heavy (non-hydrogen) atoms. The van der Waals surface area contributed by atoms with Crippen molar-refractivity contribution in [1.82, 2.24) is 0 Å². The number of rotatable bonds is 9. The van der Waals surface area contributed by atoms with Gasteiger partial charge in [-0.05, 0) is 47.6 Å². The van der Waals surface area contributed by atoms with Crippen LogP contribution in [0.1, 0.15) is 38.9 Å². The number of ether oxygens (including phenoxy) is 1. The van der Waals surface area contributed by atoms with E-state index in [2.05, 4.69) is 0 Å². The Labute approximate surface area is 159 Å². The van der Waals surface area contributed by atoms with Gasteiger partial charge in [0, 0.05) is 16.1 Å². The largest absolute Gasteiger partial charge is 0.390 e. The molecule has 0 fully saturated rings. The lowest BCUT2D eigenvalue weighted by molar-refractivity contribution is -0.386. The molecule has 0 heterocycles. The first-order valence-corrected chi connectivity index (χ1v) is 8.75. The summed E-state index contributed by atoms with van der Waals surface area (Å²) in [6, 6.07) is 4.60. The molecule has 0 aliphatic carbocycles. The molecule has 140 valence electrons. The van der Waals surface area contributed by atoms with Crippen molar-refractivity contribution >= 4 is 34.1 Å². The van der Waals surface area contributed by atoms with Crippen molar-refractivity contribution in [2.75, 3.05) is 0 Å². The minimum absolute atomic E-state index is 0.156. The average Bonchev–Trinajstić information content (AvgIpc) is 2.50. The molecule has 0 amide bonds. The van der Waals surface area contributed by atoms with Crippen molar-refractivity contribution in [1.29, 1.82) is 0 Å². The number of carbonyl (C=O) groups is 1. The summed E-state index contributed by atoms with van der Waals surface area (Å²) in [6.07, 6.45) is -6.23. The number of nitrogens with zero attached hydrogens (tertiary/aromatic N) is 1. The van der Waals surface area contributed by atoms with Gasteiger partial charge in [-0.15, -0.1) is 0 Å².